The van der Waals surface area contributed by atoms with Crippen molar-refractivity contribution in [1.82, 2.24) is 0 Å². The molecule has 0 saturated carbocycles. The van der Waals surface area contributed by atoms with E-state index >= 15 is 0 Å². The molecule has 200 valence electrons. The van der Waals surface area contributed by atoms with Gasteiger partial charge in [0.2, 0.25) is 6.67 Å². The van der Waals surface area contributed by atoms with Gasteiger partial charge in [0.15, 0.2) is 0 Å². The molecule has 2 radical (unpaired) electrons. The third-order valence-electron chi connectivity index (χ3n) is 6.07. The van der Waals surface area contributed by atoms with Crippen molar-refractivity contribution in [3.63, 3.8) is 0 Å². The molecule has 0 bridgehead atoms. The van der Waals surface area contributed by atoms with Crippen LogP contribution in [-0.4, -0.2) is 22.9 Å². The Bertz CT molecular complexity index is 1160. The fraction of sp³-hybridized carbons (Fsp3) is 0.355. The van der Waals surface area contributed by atoms with Crippen LogP contribution in [0.1, 0.15) is 52.8 Å². The zero-order chi connectivity index (χ0) is 27.3. The van der Waals surface area contributed by atoms with Crippen LogP contribution in [0.3, 0.4) is 0 Å². The van der Waals surface area contributed by atoms with Crippen molar-refractivity contribution in [1.29, 1.82) is 0 Å². The average Bonchev–Trinajstić information content (AvgIpc) is 3.22. The topological polar surface area (TPSA) is 6.48 Å². The third-order valence-corrected chi connectivity index (χ3v) is 9.00. The van der Waals surface area contributed by atoms with Crippen LogP contribution in [0.25, 0.3) is 0 Å². The Kier molecular flexibility index (Phi) is 11.2. The van der Waals surface area contributed by atoms with Gasteiger partial charge in [-0.2, -0.15) is 0 Å². The monoisotopic (exact) mass is 642 g/mol. The second-order valence-corrected chi connectivity index (χ2v) is 17.3. The molecule has 0 unspecified atom stereocenters. The Morgan fingerprint density at radius 2 is 1.22 bits per heavy atom. The summed E-state index contributed by atoms with van der Waals surface area (Å²) in [5.41, 5.74) is 11.7. The smallest absolute Gasteiger partial charge is 0.208 e. The maximum atomic E-state index is 5.86. The van der Waals surface area contributed by atoms with E-state index < -0.39 is 13.5 Å². The number of aryl methyl sites for hydroxylation is 6. The van der Waals surface area contributed by atoms with E-state index in [4.69, 9.17) is 19.4 Å². The first-order chi connectivity index (χ1) is 17.5. The number of hydrogen-bond donors (Lipinski definition) is 0. The van der Waals surface area contributed by atoms with E-state index in [0.29, 0.717) is 5.25 Å². The number of hydrogen-bond acceptors (Lipinski definition) is 3. The summed E-state index contributed by atoms with van der Waals surface area (Å²) in [6.07, 6.45) is 0. The van der Waals surface area contributed by atoms with E-state index in [1.807, 2.05) is 28.5 Å². The van der Waals surface area contributed by atoms with Gasteiger partial charge in [0.05, 0.1) is 0 Å². The van der Waals surface area contributed by atoms with E-state index in [-0.39, 0.29) is 0 Å². The van der Waals surface area contributed by atoms with Gasteiger partial charge in [0.25, 0.3) is 0 Å². The normalized spacial score (nSPS) is 13.5. The molecule has 0 aromatic heterocycles. The molecular formula is C31H38Cl2N2RuS. The van der Waals surface area contributed by atoms with Gasteiger partial charge in [-0.3, -0.25) is 0 Å². The predicted octanol–water partition coefficient (Wildman–Crippen LogP) is 9.12. The Morgan fingerprint density at radius 1 is 0.784 bits per heavy atom. The van der Waals surface area contributed by atoms with E-state index in [1.165, 1.54) is 55.2 Å². The molecule has 3 aromatic carbocycles. The maximum absolute atomic E-state index is 5.86. The fourth-order valence-corrected chi connectivity index (χ4v) is 7.90. The Morgan fingerprint density at radius 3 is 1.62 bits per heavy atom. The van der Waals surface area contributed by atoms with Crippen LogP contribution >= 0.6 is 31.1 Å². The SMILES string of the molecule is CC(C)Sc1ccccc1[CH]=[Ru]([Cl])[Cl].Cc1cc(C)c(N2[C]N(c3c(C)cc(C)cc3C)CC2)c(C)c1. The minimum Gasteiger partial charge on any atom is -0.339 e. The third kappa shape index (κ3) is 8.33. The molecule has 2 nitrogen and oxygen atoms in total. The summed E-state index contributed by atoms with van der Waals surface area (Å²) in [6, 6.07) is 17.3. The summed E-state index contributed by atoms with van der Waals surface area (Å²) in [6.45, 7) is 23.0. The number of benzene rings is 3. The number of anilines is 2. The molecule has 0 amide bonds. The van der Waals surface area contributed by atoms with Gasteiger partial charge in [-0.25, -0.2) is 0 Å². The van der Waals surface area contributed by atoms with Crippen molar-refractivity contribution in [3.8, 4) is 0 Å². The van der Waals surface area contributed by atoms with Gasteiger partial charge in [-0.05, 0) is 63.8 Å². The summed E-state index contributed by atoms with van der Waals surface area (Å²) >= 11 is 0.138. The zero-order valence-corrected chi connectivity index (χ0v) is 27.2. The molecule has 4 rings (SSSR count). The van der Waals surface area contributed by atoms with Crippen molar-refractivity contribution in [3.05, 3.63) is 94.1 Å². The van der Waals surface area contributed by atoms with Gasteiger partial charge < -0.3 is 9.80 Å². The number of nitrogens with zero attached hydrogens (tertiary/aromatic N) is 2. The fourth-order valence-electron chi connectivity index (χ4n) is 4.97. The van der Waals surface area contributed by atoms with E-state index in [9.17, 15) is 0 Å². The first kappa shape index (κ1) is 30.2. The van der Waals surface area contributed by atoms with Crippen molar-refractivity contribution in [2.24, 2.45) is 0 Å². The minimum atomic E-state index is -1.70. The summed E-state index contributed by atoms with van der Waals surface area (Å²) < 4.78 is 2.00. The number of halogens is 2. The predicted molar refractivity (Wildman–Crippen MR) is 164 cm³/mol. The average molecular weight is 643 g/mol. The zero-order valence-electron chi connectivity index (χ0n) is 23.1. The first-order valence-corrected chi connectivity index (χ1v) is 18.9. The molecule has 1 heterocycles. The Hall–Kier alpha value is -1.32. The molecule has 0 spiro atoms. The molecule has 1 saturated heterocycles. The minimum absolute atomic E-state index is 0.579. The molecule has 0 N–H and O–H groups in total. The Labute approximate surface area is 241 Å². The number of thioether (sulfide) groups is 1. The summed E-state index contributed by atoms with van der Waals surface area (Å²) in [4.78, 5) is 5.83. The van der Waals surface area contributed by atoms with Gasteiger partial charge in [0, 0.05) is 24.5 Å². The van der Waals surface area contributed by atoms with Crippen molar-refractivity contribution in [2.75, 3.05) is 22.9 Å². The quantitative estimate of drug-likeness (QED) is 0.203. The van der Waals surface area contributed by atoms with E-state index in [2.05, 4.69) is 108 Å². The van der Waals surface area contributed by atoms with Gasteiger partial charge >= 0.3 is 103 Å². The molecule has 1 fully saturated rings. The molecule has 37 heavy (non-hydrogen) atoms. The Balaban J connectivity index is 0.000000233. The standard InChI is InChI=1S/C21H26N2.C10H12S.2ClH.Ru/c1-14-9-16(3)20(17(4)10-14)22-7-8-23(13-22)21-18(5)11-15(2)12-19(21)6;1-8(2)11-10-7-5-4-6-9(10)3;;;/h9-12H,7-8H2,1-6H3;3-8H,1-2H3;2*1H;/q;;;;+2/p-2. The van der Waals surface area contributed by atoms with Crippen molar-refractivity contribution in [2.45, 2.75) is 65.5 Å². The molecular weight excluding hydrogens is 604 g/mol. The summed E-state index contributed by atoms with van der Waals surface area (Å²) in [7, 11) is 11.7. The maximum Gasteiger partial charge on any atom is 0.208 e. The van der Waals surface area contributed by atoms with Crippen LogP contribution in [0.15, 0.2) is 53.4 Å². The summed E-state index contributed by atoms with van der Waals surface area (Å²) in [5, 5.41) is 0.579. The van der Waals surface area contributed by atoms with E-state index in [0.717, 1.165) is 13.1 Å². The van der Waals surface area contributed by atoms with Crippen molar-refractivity contribution >= 4 is 47.1 Å². The number of rotatable bonds is 5. The first-order valence-electron chi connectivity index (χ1n) is 12.5. The second kappa shape index (κ2) is 13.7. The second-order valence-electron chi connectivity index (χ2n) is 9.91. The van der Waals surface area contributed by atoms with Gasteiger partial charge in [-0.1, -0.05) is 35.4 Å². The van der Waals surface area contributed by atoms with Crippen LogP contribution in [0, 0.1) is 48.2 Å². The van der Waals surface area contributed by atoms with Crippen LogP contribution in [0.5, 0.6) is 0 Å². The van der Waals surface area contributed by atoms with Crippen LogP contribution in [0.2, 0.25) is 0 Å². The molecule has 6 heteroatoms. The van der Waals surface area contributed by atoms with Crippen LogP contribution in [0.4, 0.5) is 11.4 Å². The van der Waals surface area contributed by atoms with Gasteiger partial charge in [-0.15, -0.1) is 0 Å². The van der Waals surface area contributed by atoms with Gasteiger partial charge in [0.1, 0.15) is 0 Å². The van der Waals surface area contributed by atoms with Crippen LogP contribution < -0.4 is 9.80 Å². The van der Waals surface area contributed by atoms with E-state index in [1.54, 1.807) is 0 Å². The molecule has 0 atom stereocenters. The largest absolute Gasteiger partial charge is 0.339 e. The molecule has 1 aliphatic rings. The van der Waals surface area contributed by atoms with Crippen LogP contribution in [-0.2, 0) is 13.5 Å². The molecule has 1 aliphatic heterocycles. The molecule has 3 aromatic rings. The summed E-state index contributed by atoms with van der Waals surface area (Å²) in [5.74, 6) is 0. The molecule has 0 aliphatic carbocycles. The van der Waals surface area contributed by atoms with Crippen molar-refractivity contribution < 1.29 is 13.5 Å².